The molecule has 0 saturated heterocycles. The van der Waals surface area contributed by atoms with Gasteiger partial charge in [-0.05, 0) is 195 Å². The van der Waals surface area contributed by atoms with Gasteiger partial charge >= 0.3 is 0 Å². The SMILES string of the molecule is Cc1cc2c3c(c1)N(c1ccc4sc5ccccc5c4c1)c1c(oc4cc5c(cc14)C(C)(C)CCC5(C)C)B3c1cc3c(cc1N2c1ccc2c(c1)C(C)(C)CCC2(C)C)C(C)(C)CCC3(C)C. The number of hydrogen-bond acceptors (Lipinski definition) is 4. The average Bonchev–Trinajstić information content (AvgIpc) is 3.85. The second-order valence-corrected chi connectivity index (χ2v) is 26.9. The van der Waals surface area contributed by atoms with Crippen LogP contribution in [0.1, 0.15) is 161 Å². The Bertz CT molecular complexity index is 3520. The summed E-state index contributed by atoms with van der Waals surface area (Å²) in [4.78, 5) is 5.30. The summed E-state index contributed by atoms with van der Waals surface area (Å²) in [5.41, 5.74) is 22.7. The molecule has 0 atom stereocenters. The number of aryl methyl sites for hydroxylation is 1. The number of fused-ring (bicyclic) bond motifs is 12. The highest BCUT2D eigenvalue weighted by molar-refractivity contribution is 7.25. The Morgan fingerprint density at radius 2 is 0.971 bits per heavy atom. The highest BCUT2D eigenvalue weighted by atomic mass is 32.1. The van der Waals surface area contributed by atoms with Crippen LogP contribution in [0.3, 0.4) is 0 Å². The number of furan rings is 1. The van der Waals surface area contributed by atoms with Gasteiger partial charge < -0.3 is 14.2 Å². The molecule has 0 radical (unpaired) electrons. The van der Waals surface area contributed by atoms with Gasteiger partial charge in [0.15, 0.2) is 0 Å². The van der Waals surface area contributed by atoms with E-state index in [2.05, 4.69) is 197 Å². The Morgan fingerprint density at radius 3 is 1.63 bits per heavy atom. The van der Waals surface area contributed by atoms with Crippen LogP contribution in [0.4, 0.5) is 34.1 Å². The first-order chi connectivity index (χ1) is 32.0. The number of anilines is 6. The van der Waals surface area contributed by atoms with Crippen LogP contribution in [0.2, 0.25) is 0 Å². The van der Waals surface area contributed by atoms with Crippen molar-refractivity contribution in [2.24, 2.45) is 0 Å². The molecule has 344 valence electrons. The summed E-state index contributed by atoms with van der Waals surface area (Å²) in [6.45, 7) is 31.8. The Kier molecular flexibility index (Phi) is 8.52. The fourth-order valence-electron chi connectivity index (χ4n) is 13.9. The van der Waals surface area contributed by atoms with Gasteiger partial charge in [-0.15, -0.1) is 11.3 Å². The molecule has 4 heterocycles. The molecule has 2 aliphatic heterocycles. The zero-order chi connectivity index (χ0) is 47.4. The van der Waals surface area contributed by atoms with Crippen molar-refractivity contribution in [3.05, 3.63) is 136 Å². The molecule has 5 aliphatic rings. The quantitative estimate of drug-likeness (QED) is 0.161. The molecule has 0 spiro atoms. The van der Waals surface area contributed by atoms with Gasteiger partial charge in [0.25, 0.3) is 6.71 Å². The van der Waals surface area contributed by atoms with Gasteiger partial charge in [-0.1, -0.05) is 113 Å². The Balaban J connectivity index is 1.16. The third-order valence-corrected chi connectivity index (χ3v) is 19.6. The smallest absolute Gasteiger partial charge is 0.297 e. The largest absolute Gasteiger partial charge is 0.468 e. The third-order valence-electron chi connectivity index (χ3n) is 18.5. The Labute approximate surface area is 409 Å². The number of hydrogen-bond donors (Lipinski definition) is 0. The van der Waals surface area contributed by atoms with Crippen molar-refractivity contribution in [1.82, 2.24) is 0 Å². The van der Waals surface area contributed by atoms with Crippen LogP contribution in [0.25, 0.3) is 31.1 Å². The van der Waals surface area contributed by atoms with Crippen molar-refractivity contribution >= 4 is 99.9 Å². The Hall–Kier alpha value is -5.26. The van der Waals surface area contributed by atoms with Gasteiger partial charge in [0.1, 0.15) is 5.58 Å². The van der Waals surface area contributed by atoms with Gasteiger partial charge in [0.2, 0.25) is 0 Å². The van der Waals surface area contributed by atoms with E-state index in [-0.39, 0.29) is 39.2 Å². The molecule has 3 nitrogen and oxygen atoms in total. The van der Waals surface area contributed by atoms with E-state index >= 15 is 0 Å². The molecule has 8 aromatic rings. The van der Waals surface area contributed by atoms with Crippen LogP contribution in [0.15, 0.2) is 101 Å². The van der Waals surface area contributed by atoms with Gasteiger partial charge in [0, 0.05) is 54.0 Å². The minimum absolute atomic E-state index is 0.0366. The van der Waals surface area contributed by atoms with Crippen LogP contribution in [-0.4, -0.2) is 6.71 Å². The molecule has 2 aromatic heterocycles. The van der Waals surface area contributed by atoms with Gasteiger partial charge in [0.05, 0.1) is 11.3 Å². The van der Waals surface area contributed by atoms with Crippen LogP contribution in [0.5, 0.6) is 0 Å². The minimum atomic E-state index is -0.103. The molecule has 5 heteroatoms. The van der Waals surface area contributed by atoms with E-state index in [0.29, 0.717) is 0 Å². The molecule has 6 aromatic carbocycles. The van der Waals surface area contributed by atoms with E-state index in [4.69, 9.17) is 4.42 Å². The highest BCUT2D eigenvalue weighted by Crippen LogP contribution is 2.55. The summed E-state index contributed by atoms with van der Waals surface area (Å²) in [6.07, 6.45) is 7.03. The molecule has 0 amide bonds. The monoisotopic (exact) mass is 911 g/mol. The van der Waals surface area contributed by atoms with Crippen molar-refractivity contribution in [1.29, 1.82) is 0 Å². The predicted molar refractivity (Wildman–Crippen MR) is 294 cm³/mol. The summed E-state index contributed by atoms with van der Waals surface area (Å²) in [7, 11) is 0. The standard InChI is InChI=1S/C63H67BN2OS/c1-36-28-50-55-51(29-36)66(37-19-21-54-40(30-37)39-16-14-15-17-53(39)68-54)56-41-32-44-47(63(12,13)27-24-60(44,6)7)35-52(41)67-57(56)64(55)48-33-45-46(62(10,11)26-25-61(45,8)9)34-49(48)65(50)38-18-20-42-43(31-38)59(4,5)23-22-58(42,2)3/h14-21,28-35H,22-27H2,1-13H3. The number of rotatable bonds is 2. The van der Waals surface area contributed by atoms with E-state index < -0.39 is 0 Å². The van der Waals surface area contributed by atoms with E-state index in [1.807, 2.05) is 11.3 Å². The summed E-state index contributed by atoms with van der Waals surface area (Å²) >= 11 is 1.89. The number of nitrogens with zero attached hydrogens (tertiary/aromatic N) is 2. The highest BCUT2D eigenvalue weighted by Gasteiger charge is 2.50. The van der Waals surface area contributed by atoms with Crippen LogP contribution < -0.4 is 26.4 Å². The minimum Gasteiger partial charge on any atom is -0.468 e. The van der Waals surface area contributed by atoms with Crippen molar-refractivity contribution < 1.29 is 4.42 Å². The van der Waals surface area contributed by atoms with Crippen LogP contribution >= 0.6 is 11.3 Å². The van der Waals surface area contributed by atoms with Gasteiger partial charge in [-0.3, -0.25) is 0 Å². The lowest BCUT2D eigenvalue weighted by molar-refractivity contribution is 0.332. The van der Waals surface area contributed by atoms with Gasteiger partial charge in [-0.2, -0.15) is 0 Å². The first-order valence-corrected chi connectivity index (χ1v) is 26.5. The molecular weight excluding hydrogens is 844 g/mol. The average molecular weight is 911 g/mol. The maximum absolute atomic E-state index is 7.69. The first-order valence-electron chi connectivity index (χ1n) is 25.7. The van der Waals surface area contributed by atoms with Crippen LogP contribution in [-0.2, 0) is 32.5 Å². The fourth-order valence-corrected chi connectivity index (χ4v) is 14.9. The number of benzene rings is 6. The molecule has 0 N–H and O–H groups in total. The molecule has 0 saturated carbocycles. The molecular formula is C63H67BN2OS. The first kappa shape index (κ1) is 42.8. The van der Waals surface area contributed by atoms with E-state index in [0.717, 1.165) is 30.5 Å². The van der Waals surface area contributed by atoms with Crippen LogP contribution in [0, 0.1) is 6.92 Å². The lowest BCUT2D eigenvalue weighted by Crippen LogP contribution is -2.61. The molecule has 0 fully saturated rings. The summed E-state index contributed by atoms with van der Waals surface area (Å²) < 4.78 is 10.3. The normalized spacial score (nSPS) is 20.7. The lowest BCUT2D eigenvalue weighted by atomic mass is 9.35. The van der Waals surface area contributed by atoms with E-state index in [1.54, 1.807) is 0 Å². The maximum atomic E-state index is 7.69. The summed E-state index contributed by atoms with van der Waals surface area (Å²) in [6, 6.07) is 39.0. The van der Waals surface area contributed by atoms with Crippen molar-refractivity contribution in [3.63, 3.8) is 0 Å². The second-order valence-electron chi connectivity index (χ2n) is 25.8. The predicted octanol–water partition coefficient (Wildman–Crippen LogP) is 16.2. The number of thiophene rings is 1. The summed E-state index contributed by atoms with van der Waals surface area (Å²) in [5, 5.41) is 3.85. The topological polar surface area (TPSA) is 19.6 Å². The maximum Gasteiger partial charge on any atom is 0.297 e. The zero-order valence-corrected chi connectivity index (χ0v) is 43.6. The van der Waals surface area contributed by atoms with Crippen molar-refractivity contribution in [3.8, 4) is 0 Å². The zero-order valence-electron chi connectivity index (χ0n) is 42.8. The lowest BCUT2D eigenvalue weighted by Gasteiger charge is -2.47. The molecule has 0 bridgehead atoms. The molecule has 13 rings (SSSR count). The fraction of sp³-hybridized carbons (Fsp3) is 0.397. The molecule has 0 unspecified atom stereocenters. The second kappa shape index (κ2) is 13.5. The molecule has 68 heavy (non-hydrogen) atoms. The third kappa shape index (κ3) is 5.84. The van der Waals surface area contributed by atoms with Crippen molar-refractivity contribution in [2.45, 2.75) is 161 Å². The Morgan fingerprint density at radius 1 is 0.456 bits per heavy atom. The summed E-state index contributed by atoms with van der Waals surface area (Å²) in [5.74, 6) is 0. The van der Waals surface area contributed by atoms with Gasteiger partial charge in [-0.25, -0.2) is 0 Å². The van der Waals surface area contributed by atoms with E-state index in [1.165, 1.54) is 129 Å². The van der Waals surface area contributed by atoms with Crippen molar-refractivity contribution in [2.75, 3.05) is 9.80 Å². The molecule has 3 aliphatic carbocycles. The van der Waals surface area contributed by atoms with E-state index in [9.17, 15) is 0 Å².